The highest BCUT2D eigenvalue weighted by molar-refractivity contribution is 4.98. The number of halogens is 2. The molecule has 3 aliphatic rings. The number of rotatable bonds is 9. The van der Waals surface area contributed by atoms with Crippen LogP contribution in [0.15, 0.2) is 12.2 Å². The van der Waals surface area contributed by atoms with Crippen molar-refractivity contribution in [2.45, 2.75) is 116 Å². The third-order valence-corrected chi connectivity index (χ3v) is 7.98. The van der Waals surface area contributed by atoms with Gasteiger partial charge in [0, 0.05) is 0 Å². The first-order valence-electron chi connectivity index (χ1n) is 12.2. The van der Waals surface area contributed by atoms with Crippen molar-refractivity contribution in [3.63, 3.8) is 0 Å². The van der Waals surface area contributed by atoms with E-state index in [0.29, 0.717) is 5.92 Å². The zero-order chi connectivity index (χ0) is 20.0. The van der Waals surface area contributed by atoms with Crippen LogP contribution in [0.1, 0.15) is 104 Å². The van der Waals surface area contributed by atoms with Crippen molar-refractivity contribution in [1.82, 2.24) is 0 Å². The predicted molar refractivity (Wildman–Crippen MR) is 112 cm³/mol. The monoisotopic (exact) mass is 396 g/mol. The van der Waals surface area contributed by atoms with E-state index in [-0.39, 0.29) is 12.0 Å². The molecule has 0 aromatic carbocycles. The first-order chi connectivity index (χ1) is 13.5. The summed E-state index contributed by atoms with van der Waals surface area (Å²) in [6.45, 7) is 4.31. The van der Waals surface area contributed by atoms with Gasteiger partial charge in [0.25, 0.3) is 0 Å². The van der Waals surface area contributed by atoms with Crippen molar-refractivity contribution in [3.05, 3.63) is 12.2 Å². The minimum Gasteiger partial charge on any atom is -0.316 e. The molecule has 0 radical (unpaired) electrons. The molecule has 2 aliphatic carbocycles. The molecule has 1 aliphatic heterocycles. The Morgan fingerprint density at radius 1 is 0.857 bits per heavy atom. The summed E-state index contributed by atoms with van der Waals surface area (Å²) in [5, 5.41) is 0. The van der Waals surface area contributed by atoms with Gasteiger partial charge in [-0.25, -0.2) is 0 Å². The fraction of sp³-hybridized carbons (Fsp3) is 0.920. The van der Waals surface area contributed by atoms with Crippen molar-refractivity contribution >= 4 is 0 Å². The molecule has 162 valence electrons. The number of ether oxygens (including phenoxy) is 1. The molecular weight excluding hydrogens is 354 g/mol. The molecule has 3 heteroatoms. The van der Waals surface area contributed by atoms with Crippen LogP contribution in [0.5, 0.6) is 0 Å². The summed E-state index contributed by atoms with van der Waals surface area (Å²) in [6, 6.07) is 0. The highest BCUT2D eigenvalue weighted by atomic mass is 19.3. The maximum Gasteiger partial charge on any atom is 0.361 e. The lowest BCUT2D eigenvalue weighted by atomic mass is 9.65. The van der Waals surface area contributed by atoms with E-state index in [1.54, 1.807) is 0 Å². The second kappa shape index (κ2) is 10.5. The Bertz CT molecular complexity index is 473. The van der Waals surface area contributed by atoms with Crippen LogP contribution in [0.4, 0.5) is 8.78 Å². The van der Waals surface area contributed by atoms with Crippen molar-refractivity contribution in [1.29, 1.82) is 0 Å². The maximum atomic E-state index is 14.4. The Kier molecular flexibility index (Phi) is 8.38. The molecule has 3 fully saturated rings. The van der Waals surface area contributed by atoms with Crippen molar-refractivity contribution in [2.75, 3.05) is 0 Å². The minimum absolute atomic E-state index is 0.170. The molecular formula is C25H42F2O. The van der Waals surface area contributed by atoms with Crippen molar-refractivity contribution < 1.29 is 13.5 Å². The predicted octanol–water partition coefficient (Wildman–Crippen LogP) is 8.14. The molecule has 2 saturated carbocycles. The molecule has 3 rings (SSSR count). The number of allylic oxidation sites excluding steroid dienone is 2. The molecule has 0 N–H and O–H groups in total. The normalized spacial score (nSPS) is 38.4. The lowest BCUT2D eigenvalue weighted by molar-refractivity contribution is -0.418. The summed E-state index contributed by atoms with van der Waals surface area (Å²) < 4.78 is 34.0. The largest absolute Gasteiger partial charge is 0.361 e. The first kappa shape index (κ1) is 22.2. The number of alkyl halides is 2. The summed E-state index contributed by atoms with van der Waals surface area (Å²) in [6.07, 6.45) is 17.8. The van der Waals surface area contributed by atoms with Gasteiger partial charge in [-0.15, -0.1) is 0 Å². The lowest BCUT2D eigenvalue weighted by Crippen LogP contribution is -2.61. The summed E-state index contributed by atoms with van der Waals surface area (Å²) in [5.41, 5.74) is 0. The highest BCUT2D eigenvalue weighted by Gasteiger charge is 2.62. The quantitative estimate of drug-likeness (QED) is 0.282. The standard InChI is InChI=1S/C25H42F2O/c1-3-5-7-9-19-11-15-21(16-12-19)23-24(28-25(23,26)27)22-17-13-20(14-18-22)10-8-6-4-2/h3,5,19-24H,4,6-18H2,1-2H3/b5-3+/t19?,20?,21?,22?,23-,24-/m0/s1. The summed E-state index contributed by atoms with van der Waals surface area (Å²) in [4.78, 5) is 0. The Morgan fingerprint density at radius 3 is 2.04 bits per heavy atom. The van der Waals surface area contributed by atoms with E-state index in [1.165, 1.54) is 44.9 Å². The van der Waals surface area contributed by atoms with E-state index in [0.717, 1.165) is 56.8 Å². The van der Waals surface area contributed by atoms with Crippen LogP contribution in [0.25, 0.3) is 0 Å². The zero-order valence-corrected chi connectivity index (χ0v) is 18.2. The average molecular weight is 397 g/mol. The molecule has 28 heavy (non-hydrogen) atoms. The van der Waals surface area contributed by atoms with Crippen molar-refractivity contribution in [2.24, 2.45) is 29.6 Å². The fourth-order valence-electron chi connectivity index (χ4n) is 6.21. The highest BCUT2D eigenvalue weighted by Crippen LogP contribution is 2.55. The molecule has 1 saturated heterocycles. The summed E-state index contributed by atoms with van der Waals surface area (Å²) in [5.74, 6) is 1.60. The Hall–Kier alpha value is -0.440. The third-order valence-electron chi connectivity index (χ3n) is 7.98. The van der Waals surface area contributed by atoms with E-state index in [9.17, 15) is 8.78 Å². The third kappa shape index (κ3) is 5.58. The van der Waals surface area contributed by atoms with Gasteiger partial charge in [0.1, 0.15) is 0 Å². The van der Waals surface area contributed by atoms with Crippen LogP contribution in [-0.2, 0) is 4.74 Å². The van der Waals surface area contributed by atoms with Crippen LogP contribution < -0.4 is 0 Å². The minimum atomic E-state index is -2.87. The van der Waals surface area contributed by atoms with Gasteiger partial charge in [0.05, 0.1) is 12.0 Å². The van der Waals surface area contributed by atoms with Gasteiger partial charge >= 0.3 is 6.11 Å². The number of unbranched alkanes of at least 4 members (excludes halogenated alkanes) is 2. The van der Waals surface area contributed by atoms with Gasteiger partial charge in [-0.2, -0.15) is 8.78 Å². The van der Waals surface area contributed by atoms with E-state index in [2.05, 4.69) is 26.0 Å². The van der Waals surface area contributed by atoms with Gasteiger partial charge in [-0.1, -0.05) is 70.4 Å². The zero-order valence-electron chi connectivity index (χ0n) is 18.2. The summed E-state index contributed by atoms with van der Waals surface area (Å²) in [7, 11) is 0. The van der Waals surface area contributed by atoms with E-state index >= 15 is 0 Å². The smallest absolute Gasteiger partial charge is 0.316 e. The molecule has 1 heterocycles. The average Bonchev–Trinajstić information content (AvgIpc) is 2.69. The van der Waals surface area contributed by atoms with Crippen LogP contribution in [0, 0.1) is 29.6 Å². The molecule has 0 amide bonds. The van der Waals surface area contributed by atoms with E-state index in [1.807, 2.05) is 0 Å². The van der Waals surface area contributed by atoms with Crippen LogP contribution in [-0.4, -0.2) is 12.2 Å². The topological polar surface area (TPSA) is 9.23 Å². The molecule has 1 nitrogen and oxygen atoms in total. The van der Waals surface area contributed by atoms with Gasteiger partial charge in [0.2, 0.25) is 0 Å². The van der Waals surface area contributed by atoms with Crippen LogP contribution in [0.2, 0.25) is 0 Å². The fourth-order valence-corrected chi connectivity index (χ4v) is 6.21. The van der Waals surface area contributed by atoms with Gasteiger partial charge in [-0.05, 0) is 69.1 Å². The molecule has 0 aromatic rings. The molecule has 0 aromatic heterocycles. The van der Waals surface area contributed by atoms with Gasteiger partial charge in [0.15, 0.2) is 0 Å². The van der Waals surface area contributed by atoms with Crippen molar-refractivity contribution in [3.8, 4) is 0 Å². The number of hydrogen-bond acceptors (Lipinski definition) is 1. The molecule has 0 bridgehead atoms. The van der Waals surface area contributed by atoms with Crippen LogP contribution >= 0.6 is 0 Å². The Labute approximate surface area is 171 Å². The van der Waals surface area contributed by atoms with Gasteiger partial charge in [-0.3, -0.25) is 0 Å². The second-order valence-corrected chi connectivity index (χ2v) is 9.87. The molecule has 2 atom stereocenters. The van der Waals surface area contributed by atoms with Gasteiger partial charge < -0.3 is 4.74 Å². The van der Waals surface area contributed by atoms with E-state index < -0.39 is 12.0 Å². The summed E-state index contributed by atoms with van der Waals surface area (Å²) >= 11 is 0. The number of hydrogen-bond donors (Lipinski definition) is 0. The van der Waals surface area contributed by atoms with Crippen LogP contribution in [0.3, 0.4) is 0 Å². The SMILES string of the molecule is C/C=C/CCC1CCC([C@H]2[C@H](C3CCC(CCCCC)CC3)OC2(F)F)CC1. The lowest BCUT2D eigenvalue weighted by Gasteiger charge is -2.53. The molecule has 0 unspecified atom stereocenters. The Morgan fingerprint density at radius 2 is 1.46 bits per heavy atom. The Balaban J connectivity index is 1.45. The second-order valence-electron chi connectivity index (χ2n) is 9.87. The maximum absolute atomic E-state index is 14.4. The molecule has 0 spiro atoms. The first-order valence-corrected chi connectivity index (χ1v) is 12.2. The van der Waals surface area contributed by atoms with E-state index in [4.69, 9.17) is 4.74 Å².